The Labute approximate surface area is 203 Å². The molecular weight excluding hydrogens is 416 g/mol. The second kappa shape index (κ2) is 11.5. The fourth-order valence-corrected chi connectivity index (χ4v) is 3.82. The van der Waals surface area contributed by atoms with E-state index in [1.807, 2.05) is 64.6 Å². The molecule has 4 nitrogen and oxygen atoms in total. The Hall–Kier alpha value is -4.28. The van der Waals surface area contributed by atoms with Crippen LogP contribution in [0.4, 0.5) is 11.4 Å². The van der Waals surface area contributed by atoms with Crippen molar-refractivity contribution < 1.29 is 0 Å². The molecule has 0 aromatic heterocycles. The first kappa shape index (κ1) is 24.4. The Bertz CT molecular complexity index is 1140. The van der Waals surface area contributed by atoms with Crippen LogP contribution in [0.2, 0.25) is 0 Å². The molecule has 1 aliphatic carbocycles. The summed E-state index contributed by atoms with van der Waals surface area (Å²) in [6.07, 6.45) is 13.8. The van der Waals surface area contributed by atoms with Crippen molar-refractivity contribution in [3.05, 3.63) is 118 Å². The van der Waals surface area contributed by atoms with Crippen molar-refractivity contribution >= 4 is 23.5 Å². The molecule has 1 fully saturated rings. The molecule has 0 unspecified atom stereocenters. The standard InChI is InChI=1S/C30H30N4/c1-32-29(22-31)30-25(10-6-8-23-12-18-27(19-13-23)33(2)3)16-17-26(30)11-7-9-24-14-20-28(21-15-24)34(4)5/h6-15,18-21H,16-17H2,2-5H3/b8-6+,9-7+,25-10+,26-11+. The minimum absolute atomic E-state index is 0.155. The van der Waals surface area contributed by atoms with Crippen LogP contribution in [-0.4, -0.2) is 28.2 Å². The van der Waals surface area contributed by atoms with Gasteiger partial charge in [-0.25, -0.2) is 10.1 Å². The van der Waals surface area contributed by atoms with E-state index in [1.54, 1.807) is 0 Å². The van der Waals surface area contributed by atoms with E-state index < -0.39 is 0 Å². The lowest BCUT2D eigenvalue weighted by Gasteiger charge is -2.11. The highest BCUT2D eigenvalue weighted by atomic mass is 15.1. The smallest absolute Gasteiger partial charge is 0.269 e. The van der Waals surface area contributed by atoms with Crippen LogP contribution in [0.15, 0.2) is 95.3 Å². The molecule has 0 bridgehead atoms. The van der Waals surface area contributed by atoms with Crippen LogP contribution >= 0.6 is 0 Å². The third-order valence-corrected chi connectivity index (χ3v) is 5.75. The molecule has 3 rings (SSSR count). The van der Waals surface area contributed by atoms with Crippen LogP contribution in [0.1, 0.15) is 24.0 Å². The Morgan fingerprint density at radius 1 is 0.794 bits per heavy atom. The molecule has 0 spiro atoms. The molecule has 0 N–H and O–H groups in total. The molecule has 170 valence electrons. The van der Waals surface area contributed by atoms with Gasteiger partial charge in [0.1, 0.15) is 0 Å². The van der Waals surface area contributed by atoms with Crippen LogP contribution in [0.25, 0.3) is 17.0 Å². The average molecular weight is 447 g/mol. The topological polar surface area (TPSA) is 34.6 Å². The first-order valence-electron chi connectivity index (χ1n) is 11.2. The molecule has 0 radical (unpaired) electrons. The SMILES string of the molecule is [C-]#[N+]C(C#N)=C1/C(=C/C=C/c2ccc(N(C)C)cc2)CC/C1=C\C=C\c1ccc(N(C)C)cc1. The Balaban J connectivity index is 1.81. The molecule has 0 amide bonds. The van der Waals surface area contributed by atoms with E-state index in [4.69, 9.17) is 6.57 Å². The number of anilines is 2. The number of hydrogen-bond acceptors (Lipinski definition) is 3. The maximum absolute atomic E-state index is 9.55. The minimum Gasteiger partial charge on any atom is -0.378 e. The van der Waals surface area contributed by atoms with Gasteiger partial charge in [0.15, 0.2) is 0 Å². The average Bonchev–Trinajstić information content (AvgIpc) is 3.23. The van der Waals surface area contributed by atoms with Crippen LogP contribution in [-0.2, 0) is 0 Å². The van der Waals surface area contributed by atoms with Crippen molar-refractivity contribution in [2.24, 2.45) is 0 Å². The predicted molar refractivity (Wildman–Crippen MR) is 144 cm³/mol. The van der Waals surface area contributed by atoms with Gasteiger partial charge in [0.25, 0.3) is 5.70 Å². The number of rotatable bonds is 6. The van der Waals surface area contributed by atoms with Gasteiger partial charge in [-0.1, -0.05) is 60.7 Å². The second-order valence-electron chi connectivity index (χ2n) is 8.52. The third kappa shape index (κ3) is 6.15. The van der Waals surface area contributed by atoms with Crippen LogP contribution < -0.4 is 9.80 Å². The predicted octanol–water partition coefficient (Wildman–Crippen LogP) is 6.89. The van der Waals surface area contributed by atoms with Gasteiger partial charge in [0.05, 0.1) is 12.6 Å². The van der Waals surface area contributed by atoms with Crippen molar-refractivity contribution in [2.75, 3.05) is 38.0 Å². The summed E-state index contributed by atoms with van der Waals surface area (Å²) in [6, 6.07) is 18.8. The van der Waals surface area contributed by atoms with E-state index in [0.717, 1.165) is 52.1 Å². The molecular formula is C30H30N4. The van der Waals surface area contributed by atoms with Crippen LogP contribution in [0.5, 0.6) is 0 Å². The van der Waals surface area contributed by atoms with Gasteiger partial charge in [0.2, 0.25) is 0 Å². The Morgan fingerprint density at radius 3 is 1.53 bits per heavy atom. The monoisotopic (exact) mass is 446 g/mol. The summed E-state index contributed by atoms with van der Waals surface area (Å²) < 4.78 is 0. The zero-order valence-electron chi connectivity index (χ0n) is 20.3. The van der Waals surface area contributed by atoms with E-state index in [-0.39, 0.29) is 5.70 Å². The van der Waals surface area contributed by atoms with Gasteiger partial charge in [0, 0.05) is 39.6 Å². The number of nitrogens with zero attached hydrogens (tertiary/aromatic N) is 4. The van der Waals surface area contributed by atoms with Gasteiger partial charge in [-0.15, -0.1) is 0 Å². The number of nitriles is 1. The largest absolute Gasteiger partial charge is 0.378 e. The van der Waals surface area contributed by atoms with E-state index in [9.17, 15) is 5.26 Å². The Morgan fingerprint density at radius 2 is 1.21 bits per heavy atom. The quantitative estimate of drug-likeness (QED) is 0.358. The normalized spacial score (nSPS) is 15.8. The van der Waals surface area contributed by atoms with Crippen molar-refractivity contribution in [3.8, 4) is 6.07 Å². The van der Waals surface area contributed by atoms with Crippen molar-refractivity contribution in [1.82, 2.24) is 0 Å². The van der Waals surface area contributed by atoms with Crippen molar-refractivity contribution in [1.29, 1.82) is 5.26 Å². The van der Waals surface area contributed by atoms with Gasteiger partial charge in [-0.3, -0.25) is 0 Å². The summed E-state index contributed by atoms with van der Waals surface area (Å²) >= 11 is 0. The second-order valence-corrected chi connectivity index (χ2v) is 8.52. The molecule has 2 aromatic carbocycles. The molecule has 0 atom stereocenters. The van der Waals surface area contributed by atoms with Crippen LogP contribution in [0, 0.1) is 17.9 Å². The Kier molecular flexibility index (Phi) is 8.27. The zero-order chi connectivity index (χ0) is 24.5. The van der Waals surface area contributed by atoms with Crippen LogP contribution in [0.3, 0.4) is 0 Å². The summed E-state index contributed by atoms with van der Waals surface area (Å²) in [5.74, 6) is 0. The summed E-state index contributed by atoms with van der Waals surface area (Å²) in [5, 5.41) is 9.55. The maximum atomic E-state index is 9.55. The lowest BCUT2D eigenvalue weighted by atomic mass is 10.0. The summed E-state index contributed by atoms with van der Waals surface area (Å²) in [4.78, 5) is 7.64. The first-order valence-corrected chi connectivity index (χ1v) is 11.2. The third-order valence-electron chi connectivity index (χ3n) is 5.75. The van der Waals surface area contributed by atoms with E-state index in [2.05, 4.69) is 69.2 Å². The zero-order valence-corrected chi connectivity index (χ0v) is 20.3. The lowest BCUT2D eigenvalue weighted by Crippen LogP contribution is -2.07. The fraction of sp³-hybridized carbons (Fsp3) is 0.200. The molecule has 4 heteroatoms. The van der Waals surface area contributed by atoms with E-state index in [0.29, 0.717) is 0 Å². The molecule has 0 aliphatic heterocycles. The molecule has 34 heavy (non-hydrogen) atoms. The number of benzene rings is 2. The van der Waals surface area contributed by atoms with E-state index >= 15 is 0 Å². The summed E-state index contributed by atoms with van der Waals surface area (Å²) in [6.45, 7) is 7.48. The van der Waals surface area contributed by atoms with Gasteiger partial charge in [-0.2, -0.15) is 0 Å². The van der Waals surface area contributed by atoms with Gasteiger partial charge in [-0.05, 0) is 65.0 Å². The molecule has 2 aromatic rings. The minimum atomic E-state index is 0.155. The maximum Gasteiger partial charge on any atom is 0.269 e. The highest BCUT2D eigenvalue weighted by Gasteiger charge is 2.22. The van der Waals surface area contributed by atoms with Gasteiger partial charge < -0.3 is 9.80 Å². The highest BCUT2D eigenvalue weighted by Crippen LogP contribution is 2.38. The van der Waals surface area contributed by atoms with E-state index in [1.165, 1.54) is 0 Å². The van der Waals surface area contributed by atoms with Gasteiger partial charge >= 0.3 is 0 Å². The highest BCUT2D eigenvalue weighted by molar-refractivity contribution is 5.64. The molecule has 1 aliphatic rings. The lowest BCUT2D eigenvalue weighted by molar-refractivity contribution is 1.05. The summed E-state index contributed by atoms with van der Waals surface area (Å²) in [7, 11) is 8.09. The molecule has 0 heterocycles. The number of allylic oxidation sites excluding steroid dienone is 8. The van der Waals surface area contributed by atoms with Crippen molar-refractivity contribution in [3.63, 3.8) is 0 Å². The number of hydrogen-bond donors (Lipinski definition) is 0. The van der Waals surface area contributed by atoms with Crippen molar-refractivity contribution in [2.45, 2.75) is 12.8 Å². The molecule has 0 saturated heterocycles. The molecule has 1 saturated carbocycles. The first-order chi connectivity index (χ1) is 16.4. The summed E-state index contributed by atoms with van der Waals surface area (Å²) in [5.41, 5.74) is 7.52. The fourth-order valence-electron chi connectivity index (χ4n) is 3.82.